The Bertz CT molecular complexity index is 251. The number of thioether (sulfide) groups is 1. The summed E-state index contributed by atoms with van der Waals surface area (Å²) < 4.78 is 18.2. The van der Waals surface area contributed by atoms with Crippen molar-refractivity contribution in [1.29, 1.82) is 0 Å². The molecule has 1 fully saturated rings. The number of rotatable bonds is 2. The normalized spacial score (nSPS) is 42.1. The van der Waals surface area contributed by atoms with E-state index < -0.39 is 17.5 Å². The van der Waals surface area contributed by atoms with Gasteiger partial charge in [-0.05, 0) is 18.2 Å². The summed E-state index contributed by atoms with van der Waals surface area (Å²) in [4.78, 5) is 3.72. The van der Waals surface area contributed by atoms with Crippen molar-refractivity contribution in [3.05, 3.63) is 0 Å². The Morgan fingerprint density at radius 3 is 3.14 bits per heavy atom. The number of hydrogen-bond acceptors (Lipinski definition) is 5. The van der Waals surface area contributed by atoms with Crippen molar-refractivity contribution in [1.82, 2.24) is 0 Å². The highest BCUT2D eigenvalue weighted by atomic mass is 32.2. The van der Waals surface area contributed by atoms with E-state index in [1.165, 1.54) is 0 Å². The average molecular weight is 221 g/mol. The Morgan fingerprint density at radius 2 is 2.43 bits per heavy atom. The fourth-order valence-electron chi connectivity index (χ4n) is 1.73. The lowest BCUT2D eigenvalue weighted by molar-refractivity contribution is -0.100. The number of ether oxygens (including phenoxy) is 1. The topological polar surface area (TPSA) is 62.0 Å². The van der Waals surface area contributed by atoms with Crippen LogP contribution in [-0.4, -0.2) is 45.8 Å². The lowest BCUT2D eigenvalue weighted by atomic mass is 10.00. The quantitative estimate of drug-likeness (QED) is 0.703. The maximum atomic E-state index is 12.8. The minimum Gasteiger partial charge on any atom is -0.396 e. The molecule has 80 valence electrons. The van der Waals surface area contributed by atoms with Crippen LogP contribution in [0, 0.1) is 0 Å². The van der Waals surface area contributed by atoms with Crippen LogP contribution in [-0.2, 0) is 4.74 Å². The minimum atomic E-state index is -0.654. The van der Waals surface area contributed by atoms with Gasteiger partial charge in [-0.15, -0.1) is 0 Å². The van der Waals surface area contributed by atoms with Crippen molar-refractivity contribution < 1.29 is 19.3 Å². The highest BCUT2D eigenvalue weighted by molar-refractivity contribution is 8.14. The Morgan fingerprint density at radius 1 is 1.64 bits per heavy atom. The van der Waals surface area contributed by atoms with Gasteiger partial charge in [-0.1, -0.05) is 0 Å². The standard InChI is InChI=1S/C8H12FNO3S/c9-8-10-4-3-5(12)6(1-2-11)13-7(4)14-8/h4-7,11-12H,1-3H2/t4?,5?,6-,7-/m1/s1. The summed E-state index contributed by atoms with van der Waals surface area (Å²) in [6.45, 7) is -0.0346. The first kappa shape index (κ1) is 10.4. The van der Waals surface area contributed by atoms with Gasteiger partial charge in [0.05, 0.1) is 18.2 Å². The van der Waals surface area contributed by atoms with Gasteiger partial charge in [-0.2, -0.15) is 4.39 Å². The van der Waals surface area contributed by atoms with E-state index in [9.17, 15) is 9.50 Å². The fourth-order valence-corrected chi connectivity index (χ4v) is 2.64. The first-order valence-corrected chi connectivity index (χ1v) is 5.43. The summed E-state index contributed by atoms with van der Waals surface area (Å²) in [5.41, 5.74) is -0.324. The second kappa shape index (κ2) is 4.14. The van der Waals surface area contributed by atoms with Gasteiger partial charge in [0, 0.05) is 13.0 Å². The molecule has 2 rings (SSSR count). The number of aliphatic hydroxyl groups is 2. The molecule has 0 aromatic carbocycles. The number of aliphatic hydroxyl groups excluding tert-OH is 2. The van der Waals surface area contributed by atoms with E-state index in [-0.39, 0.29) is 18.1 Å². The van der Waals surface area contributed by atoms with Crippen molar-refractivity contribution in [2.45, 2.75) is 36.5 Å². The zero-order valence-corrected chi connectivity index (χ0v) is 8.28. The fraction of sp³-hybridized carbons (Fsp3) is 0.875. The number of halogens is 1. The molecule has 2 aliphatic rings. The van der Waals surface area contributed by atoms with Crippen LogP contribution in [0.3, 0.4) is 0 Å². The van der Waals surface area contributed by atoms with Crippen LogP contribution in [0.5, 0.6) is 0 Å². The van der Waals surface area contributed by atoms with Gasteiger partial charge in [0.1, 0.15) is 5.44 Å². The van der Waals surface area contributed by atoms with Crippen LogP contribution >= 0.6 is 11.8 Å². The van der Waals surface area contributed by atoms with Gasteiger partial charge >= 0.3 is 0 Å². The number of hydrogen-bond donors (Lipinski definition) is 2. The molecule has 0 spiro atoms. The summed E-state index contributed by atoms with van der Waals surface area (Å²) in [7, 11) is 0. The lowest BCUT2D eigenvalue weighted by Gasteiger charge is -2.34. The average Bonchev–Trinajstić information content (AvgIpc) is 2.45. The Hall–Kier alpha value is -0.170. The molecule has 6 heteroatoms. The molecule has 14 heavy (non-hydrogen) atoms. The van der Waals surface area contributed by atoms with Crippen LogP contribution in [0.15, 0.2) is 4.99 Å². The SMILES string of the molecule is OCC[C@H]1O[C@@H]2SC(F)=NC2CC1O. The summed E-state index contributed by atoms with van der Waals surface area (Å²) in [5.74, 6) is 0. The molecule has 0 aliphatic carbocycles. The van der Waals surface area contributed by atoms with Crippen molar-refractivity contribution in [3.63, 3.8) is 0 Å². The van der Waals surface area contributed by atoms with Gasteiger partial charge in [0.25, 0.3) is 0 Å². The second-order valence-corrected chi connectivity index (χ2v) is 4.46. The zero-order valence-electron chi connectivity index (χ0n) is 7.47. The van der Waals surface area contributed by atoms with Gasteiger partial charge in [0.2, 0.25) is 5.30 Å². The largest absolute Gasteiger partial charge is 0.396 e. The number of aliphatic imine (C=N–C) groups is 1. The molecule has 2 heterocycles. The first-order chi connectivity index (χ1) is 6.70. The minimum absolute atomic E-state index is 0.0346. The predicted molar refractivity (Wildman–Crippen MR) is 50.9 cm³/mol. The van der Waals surface area contributed by atoms with Crippen LogP contribution < -0.4 is 0 Å². The molecule has 2 unspecified atom stereocenters. The maximum Gasteiger partial charge on any atom is 0.246 e. The zero-order chi connectivity index (χ0) is 10.1. The molecule has 2 N–H and O–H groups in total. The van der Waals surface area contributed by atoms with E-state index in [4.69, 9.17) is 9.84 Å². The lowest BCUT2D eigenvalue weighted by Crippen LogP contribution is -2.44. The predicted octanol–water partition coefficient (Wildman–Crippen LogP) is 0.286. The molecule has 2 aliphatic heterocycles. The maximum absolute atomic E-state index is 12.8. The molecule has 0 bridgehead atoms. The smallest absolute Gasteiger partial charge is 0.246 e. The number of fused-ring (bicyclic) bond motifs is 1. The van der Waals surface area contributed by atoms with Crippen molar-refractivity contribution in [2.75, 3.05) is 6.61 Å². The highest BCUT2D eigenvalue weighted by Crippen LogP contribution is 2.37. The van der Waals surface area contributed by atoms with E-state index in [0.29, 0.717) is 12.8 Å². The second-order valence-electron chi connectivity index (χ2n) is 3.43. The van der Waals surface area contributed by atoms with Crippen molar-refractivity contribution in [2.24, 2.45) is 4.99 Å². The molecule has 0 radical (unpaired) electrons. The first-order valence-electron chi connectivity index (χ1n) is 4.55. The van der Waals surface area contributed by atoms with E-state index in [0.717, 1.165) is 11.8 Å². The van der Waals surface area contributed by atoms with Gasteiger partial charge in [-0.25, -0.2) is 4.99 Å². The summed E-state index contributed by atoms with van der Waals surface area (Å²) in [5, 5.41) is 17.8. The molecule has 4 atom stereocenters. The number of nitrogens with zero attached hydrogens (tertiary/aromatic N) is 1. The molecule has 0 aromatic heterocycles. The third-order valence-corrected chi connectivity index (χ3v) is 3.39. The van der Waals surface area contributed by atoms with Crippen LogP contribution in [0.4, 0.5) is 4.39 Å². The van der Waals surface area contributed by atoms with Gasteiger partial charge < -0.3 is 14.9 Å². The molecular weight excluding hydrogens is 209 g/mol. The van der Waals surface area contributed by atoms with E-state index in [2.05, 4.69) is 4.99 Å². The Balaban J connectivity index is 1.98. The Labute approximate surface area is 85.2 Å². The summed E-state index contributed by atoms with van der Waals surface area (Å²) in [6.07, 6.45) is -0.254. The van der Waals surface area contributed by atoms with Gasteiger partial charge in [0.15, 0.2) is 0 Å². The molecular formula is C8H12FNO3S. The van der Waals surface area contributed by atoms with E-state index in [1.807, 2.05) is 0 Å². The molecule has 0 amide bonds. The van der Waals surface area contributed by atoms with E-state index >= 15 is 0 Å². The monoisotopic (exact) mass is 221 g/mol. The third-order valence-electron chi connectivity index (χ3n) is 2.43. The molecule has 0 aromatic rings. The Kier molecular flexibility index (Phi) is 3.06. The van der Waals surface area contributed by atoms with Crippen molar-refractivity contribution >= 4 is 17.1 Å². The molecule has 4 nitrogen and oxygen atoms in total. The molecule has 0 saturated carbocycles. The highest BCUT2D eigenvalue weighted by Gasteiger charge is 2.41. The molecule has 1 saturated heterocycles. The third kappa shape index (κ3) is 1.93. The van der Waals surface area contributed by atoms with Crippen LogP contribution in [0.25, 0.3) is 0 Å². The van der Waals surface area contributed by atoms with Crippen LogP contribution in [0.1, 0.15) is 12.8 Å². The van der Waals surface area contributed by atoms with Gasteiger partial charge in [-0.3, -0.25) is 0 Å². The summed E-state index contributed by atoms with van der Waals surface area (Å²) in [6, 6.07) is -0.273. The van der Waals surface area contributed by atoms with E-state index in [1.54, 1.807) is 0 Å². The van der Waals surface area contributed by atoms with Crippen LogP contribution in [0.2, 0.25) is 0 Å². The van der Waals surface area contributed by atoms with Crippen molar-refractivity contribution in [3.8, 4) is 0 Å². The summed E-state index contributed by atoms with van der Waals surface area (Å²) >= 11 is 0.949.